The molecule has 2 aromatic carbocycles. The van der Waals surface area contributed by atoms with Crippen molar-refractivity contribution in [1.29, 1.82) is 0 Å². The average Bonchev–Trinajstić information content (AvgIpc) is 2.72. The van der Waals surface area contributed by atoms with Gasteiger partial charge < -0.3 is 14.8 Å². The Morgan fingerprint density at radius 3 is 2.43 bits per heavy atom. The maximum Gasteiger partial charge on any atom is 0.225 e. The van der Waals surface area contributed by atoms with Crippen molar-refractivity contribution >= 4 is 39.2 Å². The number of hydrogen-bond acceptors (Lipinski definition) is 4. The second-order valence-electron chi connectivity index (χ2n) is 7.48. The molecule has 2 atom stereocenters. The molecule has 0 bridgehead atoms. The Bertz CT molecular complexity index is 1070. The lowest BCUT2D eigenvalue weighted by molar-refractivity contribution is -0.122. The van der Waals surface area contributed by atoms with E-state index in [4.69, 9.17) is 21.1 Å². The zero-order chi connectivity index (χ0) is 21.4. The number of benzene rings is 2. The third-order valence-electron chi connectivity index (χ3n) is 5.76. The molecule has 0 saturated carbocycles. The van der Waals surface area contributed by atoms with Crippen LogP contribution >= 0.6 is 27.5 Å². The molecule has 1 aliphatic carbocycles. The lowest BCUT2D eigenvalue weighted by atomic mass is 9.73. The van der Waals surface area contributed by atoms with Gasteiger partial charge in [-0.15, -0.1) is 0 Å². The Hall–Kier alpha value is -2.31. The van der Waals surface area contributed by atoms with Gasteiger partial charge in [0.15, 0.2) is 5.78 Å². The minimum Gasteiger partial charge on any atom is -0.496 e. The van der Waals surface area contributed by atoms with Crippen LogP contribution in [0.2, 0.25) is 5.02 Å². The number of ketones is 1. The summed E-state index contributed by atoms with van der Waals surface area (Å²) in [6.07, 6.45) is 1.09. The SMILES string of the molecule is COc1cc([C@@H]2CC(=O)NC3=C2C(=O)C[C@H](c2ccccc2Cl)C3)c(OC)cc1Br. The van der Waals surface area contributed by atoms with Crippen LogP contribution in [0.15, 0.2) is 52.1 Å². The predicted molar refractivity (Wildman–Crippen MR) is 118 cm³/mol. The lowest BCUT2D eigenvalue weighted by Gasteiger charge is -2.35. The minimum atomic E-state index is -0.384. The van der Waals surface area contributed by atoms with Crippen molar-refractivity contribution in [1.82, 2.24) is 5.32 Å². The largest absolute Gasteiger partial charge is 0.496 e. The van der Waals surface area contributed by atoms with Gasteiger partial charge in [0.25, 0.3) is 0 Å². The van der Waals surface area contributed by atoms with Gasteiger partial charge in [-0.05, 0) is 52.0 Å². The number of carbonyl (C=O) groups excluding carboxylic acids is 2. The van der Waals surface area contributed by atoms with Crippen molar-refractivity contribution in [3.63, 3.8) is 0 Å². The Labute approximate surface area is 188 Å². The molecule has 2 aromatic rings. The summed E-state index contributed by atoms with van der Waals surface area (Å²) in [5, 5.41) is 3.58. The smallest absolute Gasteiger partial charge is 0.225 e. The topological polar surface area (TPSA) is 64.6 Å². The van der Waals surface area contributed by atoms with E-state index in [-0.39, 0.29) is 29.9 Å². The van der Waals surface area contributed by atoms with E-state index >= 15 is 0 Å². The van der Waals surface area contributed by atoms with Gasteiger partial charge in [-0.2, -0.15) is 0 Å². The third kappa shape index (κ3) is 3.74. The highest BCUT2D eigenvalue weighted by atomic mass is 79.9. The molecule has 1 heterocycles. The van der Waals surface area contributed by atoms with E-state index < -0.39 is 0 Å². The van der Waals surface area contributed by atoms with E-state index in [0.29, 0.717) is 40.6 Å². The molecule has 0 aromatic heterocycles. The van der Waals surface area contributed by atoms with Crippen molar-refractivity contribution in [2.24, 2.45) is 0 Å². The third-order valence-corrected chi connectivity index (χ3v) is 6.72. The fourth-order valence-corrected chi connectivity index (χ4v) is 5.18. The number of nitrogens with one attached hydrogen (secondary N) is 1. The summed E-state index contributed by atoms with van der Waals surface area (Å²) in [6, 6.07) is 11.2. The van der Waals surface area contributed by atoms with Crippen LogP contribution in [0.5, 0.6) is 11.5 Å². The molecule has 156 valence electrons. The molecule has 1 amide bonds. The fourth-order valence-electron chi connectivity index (χ4n) is 4.41. The van der Waals surface area contributed by atoms with Gasteiger partial charge in [0.1, 0.15) is 11.5 Å². The standard InChI is InChI=1S/C23H21BrClNO4/c1-29-20-11-16(24)21(30-2)9-14(20)15-10-22(28)26-18-7-12(8-19(27)23(15)18)13-5-3-4-6-17(13)25/h3-6,9,11-12,15H,7-8,10H2,1-2H3,(H,26,28)/t12-,15+/m1/s1. The number of rotatable bonds is 4. The molecule has 0 spiro atoms. The second-order valence-corrected chi connectivity index (χ2v) is 8.74. The fraction of sp³-hybridized carbons (Fsp3) is 0.304. The first-order chi connectivity index (χ1) is 14.4. The number of allylic oxidation sites excluding steroid dienone is 2. The van der Waals surface area contributed by atoms with E-state index in [0.717, 1.165) is 15.6 Å². The molecular formula is C23H21BrClNO4. The monoisotopic (exact) mass is 489 g/mol. The Morgan fingerprint density at radius 2 is 1.73 bits per heavy atom. The van der Waals surface area contributed by atoms with Crippen molar-refractivity contribution in [2.45, 2.75) is 31.1 Å². The molecule has 5 nitrogen and oxygen atoms in total. The number of halogens is 2. The average molecular weight is 491 g/mol. The van der Waals surface area contributed by atoms with Crippen molar-refractivity contribution in [2.75, 3.05) is 14.2 Å². The molecule has 0 radical (unpaired) electrons. The number of amides is 1. The zero-order valence-corrected chi connectivity index (χ0v) is 19.0. The van der Waals surface area contributed by atoms with Gasteiger partial charge >= 0.3 is 0 Å². The van der Waals surface area contributed by atoms with Crippen LogP contribution in [0.25, 0.3) is 0 Å². The van der Waals surface area contributed by atoms with Crippen LogP contribution in [-0.4, -0.2) is 25.9 Å². The molecule has 7 heteroatoms. The van der Waals surface area contributed by atoms with Crippen LogP contribution in [0.3, 0.4) is 0 Å². The molecule has 30 heavy (non-hydrogen) atoms. The highest BCUT2D eigenvalue weighted by Gasteiger charge is 2.39. The number of carbonyl (C=O) groups is 2. The number of hydrogen-bond donors (Lipinski definition) is 1. The molecule has 1 aliphatic heterocycles. The quantitative estimate of drug-likeness (QED) is 0.646. The van der Waals surface area contributed by atoms with E-state index in [1.165, 1.54) is 0 Å². The molecule has 4 rings (SSSR count). The second kappa shape index (κ2) is 8.44. The van der Waals surface area contributed by atoms with E-state index in [9.17, 15) is 9.59 Å². The lowest BCUT2D eigenvalue weighted by Crippen LogP contribution is -2.38. The summed E-state index contributed by atoms with van der Waals surface area (Å²) in [5.41, 5.74) is 3.03. The molecule has 0 saturated heterocycles. The highest BCUT2D eigenvalue weighted by molar-refractivity contribution is 9.10. The van der Waals surface area contributed by atoms with Crippen LogP contribution in [0.4, 0.5) is 0 Å². The first-order valence-electron chi connectivity index (χ1n) is 9.64. The summed E-state index contributed by atoms with van der Waals surface area (Å²) in [4.78, 5) is 25.9. The summed E-state index contributed by atoms with van der Waals surface area (Å²) in [7, 11) is 3.15. The van der Waals surface area contributed by atoms with E-state index in [2.05, 4.69) is 21.2 Å². The molecular weight excluding hydrogens is 470 g/mol. The normalized spacial score (nSPS) is 21.2. The summed E-state index contributed by atoms with van der Waals surface area (Å²) >= 11 is 9.84. The Kier molecular flexibility index (Phi) is 5.89. The highest BCUT2D eigenvalue weighted by Crippen LogP contribution is 2.47. The van der Waals surface area contributed by atoms with Gasteiger partial charge in [0.05, 0.1) is 18.7 Å². The van der Waals surface area contributed by atoms with Crippen LogP contribution in [-0.2, 0) is 9.59 Å². The minimum absolute atomic E-state index is 0.0232. The van der Waals surface area contributed by atoms with Gasteiger partial charge in [0, 0.05) is 40.6 Å². The van der Waals surface area contributed by atoms with Crippen LogP contribution in [0, 0.1) is 0 Å². The van der Waals surface area contributed by atoms with Gasteiger partial charge in [-0.1, -0.05) is 29.8 Å². The van der Waals surface area contributed by atoms with Crippen LogP contribution in [0.1, 0.15) is 42.2 Å². The first kappa shape index (κ1) is 20.9. The van der Waals surface area contributed by atoms with Crippen LogP contribution < -0.4 is 14.8 Å². The Morgan fingerprint density at radius 1 is 1.00 bits per heavy atom. The number of Topliss-reactive ketones (excluding diaryl/α,β-unsaturated/α-hetero) is 1. The molecule has 0 fully saturated rings. The van der Waals surface area contributed by atoms with Crippen molar-refractivity contribution < 1.29 is 19.1 Å². The summed E-state index contributed by atoms with van der Waals surface area (Å²) < 4.78 is 11.7. The predicted octanol–water partition coefficient (Wildman–Crippen LogP) is 5.12. The van der Waals surface area contributed by atoms with E-state index in [1.807, 2.05) is 30.3 Å². The summed E-state index contributed by atoms with van der Waals surface area (Å²) in [6.45, 7) is 0. The number of methoxy groups -OCH3 is 2. The summed E-state index contributed by atoms with van der Waals surface area (Å²) in [5.74, 6) is 0.688. The molecule has 2 aliphatic rings. The van der Waals surface area contributed by atoms with Crippen molar-refractivity contribution in [3.05, 3.63) is 68.3 Å². The molecule has 1 N–H and O–H groups in total. The molecule has 0 unspecified atom stereocenters. The van der Waals surface area contributed by atoms with Gasteiger partial charge in [-0.3, -0.25) is 9.59 Å². The van der Waals surface area contributed by atoms with Crippen molar-refractivity contribution in [3.8, 4) is 11.5 Å². The van der Waals surface area contributed by atoms with Gasteiger partial charge in [0.2, 0.25) is 5.91 Å². The first-order valence-corrected chi connectivity index (χ1v) is 10.8. The Balaban J connectivity index is 1.79. The number of ether oxygens (including phenoxy) is 2. The zero-order valence-electron chi connectivity index (χ0n) is 16.6. The maximum absolute atomic E-state index is 13.3. The van der Waals surface area contributed by atoms with E-state index in [1.54, 1.807) is 20.3 Å². The maximum atomic E-state index is 13.3. The van der Waals surface area contributed by atoms with Gasteiger partial charge in [-0.25, -0.2) is 0 Å².